The van der Waals surface area contributed by atoms with Crippen molar-refractivity contribution >= 4 is 23.8 Å². The van der Waals surface area contributed by atoms with E-state index in [1.807, 2.05) is 30.3 Å². The van der Waals surface area contributed by atoms with Gasteiger partial charge in [0.2, 0.25) is 11.8 Å². The molecule has 4 amide bonds. The first-order valence-electron chi connectivity index (χ1n) is 8.59. The summed E-state index contributed by atoms with van der Waals surface area (Å²) in [5, 5.41) is 14.2. The highest BCUT2D eigenvalue weighted by molar-refractivity contribution is 6.01. The molecule has 1 aromatic carbocycles. The van der Waals surface area contributed by atoms with Crippen LogP contribution in [0.3, 0.4) is 0 Å². The second-order valence-corrected chi connectivity index (χ2v) is 6.19. The number of carboxylic acid groups (broad SMARTS) is 1. The van der Waals surface area contributed by atoms with Crippen molar-refractivity contribution in [2.75, 3.05) is 13.1 Å². The summed E-state index contributed by atoms with van der Waals surface area (Å²) in [6, 6.07) is 8.82. The van der Waals surface area contributed by atoms with Gasteiger partial charge < -0.3 is 15.7 Å². The van der Waals surface area contributed by atoms with E-state index >= 15 is 0 Å². The normalized spacial score (nSPS) is 14.8. The van der Waals surface area contributed by atoms with Gasteiger partial charge in [-0.15, -0.1) is 0 Å². The molecule has 3 N–H and O–H groups in total. The van der Waals surface area contributed by atoms with Gasteiger partial charge in [0.1, 0.15) is 0 Å². The van der Waals surface area contributed by atoms with Gasteiger partial charge >= 0.3 is 12.0 Å². The molecule has 0 spiro atoms. The van der Waals surface area contributed by atoms with Crippen LogP contribution in [-0.4, -0.2) is 53.0 Å². The third-order valence-electron chi connectivity index (χ3n) is 4.12. The molecule has 0 aromatic heterocycles. The van der Waals surface area contributed by atoms with E-state index in [-0.39, 0.29) is 43.8 Å². The molecule has 1 unspecified atom stereocenters. The second-order valence-electron chi connectivity index (χ2n) is 6.19. The first-order valence-corrected chi connectivity index (χ1v) is 8.59. The van der Waals surface area contributed by atoms with Gasteiger partial charge in [-0.3, -0.25) is 19.3 Å². The summed E-state index contributed by atoms with van der Waals surface area (Å²) in [6.07, 6.45) is 1.38. The van der Waals surface area contributed by atoms with Gasteiger partial charge in [0.25, 0.3) is 0 Å². The van der Waals surface area contributed by atoms with Gasteiger partial charge in [0, 0.05) is 25.4 Å². The van der Waals surface area contributed by atoms with Gasteiger partial charge in [-0.1, -0.05) is 30.3 Å². The Morgan fingerprint density at radius 3 is 2.54 bits per heavy atom. The molecule has 0 saturated carbocycles. The third kappa shape index (κ3) is 6.19. The Kier molecular flexibility index (Phi) is 7.13. The van der Waals surface area contributed by atoms with E-state index in [9.17, 15) is 19.2 Å². The molecule has 26 heavy (non-hydrogen) atoms. The van der Waals surface area contributed by atoms with E-state index in [1.165, 1.54) is 0 Å². The molecule has 1 fully saturated rings. The number of carboxylic acids is 1. The second kappa shape index (κ2) is 9.55. The van der Waals surface area contributed by atoms with Crippen LogP contribution in [0.2, 0.25) is 0 Å². The minimum atomic E-state index is -0.907. The summed E-state index contributed by atoms with van der Waals surface area (Å²) in [6.45, 7) is 0.190. The fourth-order valence-electron chi connectivity index (χ4n) is 2.80. The van der Waals surface area contributed by atoms with E-state index in [4.69, 9.17) is 5.11 Å². The van der Waals surface area contributed by atoms with E-state index < -0.39 is 12.0 Å². The molecular weight excluding hydrogens is 338 g/mol. The molecule has 1 atom stereocenters. The Morgan fingerprint density at radius 2 is 1.92 bits per heavy atom. The lowest BCUT2D eigenvalue weighted by Gasteiger charge is -2.19. The number of imide groups is 1. The van der Waals surface area contributed by atoms with Crippen molar-refractivity contribution in [3.63, 3.8) is 0 Å². The Morgan fingerprint density at radius 1 is 1.19 bits per heavy atom. The van der Waals surface area contributed by atoms with Gasteiger partial charge in [-0.05, 0) is 24.8 Å². The largest absolute Gasteiger partial charge is 0.481 e. The average Bonchev–Trinajstić information content (AvgIpc) is 2.92. The van der Waals surface area contributed by atoms with Gasteiger partial charge in [-0.25, -0.2) is 4.79 Å². The predicted octanol–water partition coefficient (Wildman–Crippen LogP) is 0.911. The third-order valence-corrected chi connectivity index (χ3v) is 4.12. The van der Waals surface area contributed by atoms with E-state index in [2.05, 4.69) is 10.6 Å². The van der Waals surface area contributed by atoms with E-state index in [0.717, 1.165) is 10.5 Å². The van der Waals surface area contributed by atoms with Crippen molar-refractivity contribution < 1.29 is 24.3 Å². The van der Waals surface area contributed by atoms with Gasteiger partial charge in [0.15, 0.2) is 0 Å². The number of amides is 4. The maximum absolute atomic E-state index is 12.2. The zero-order valence-corrected chi connectivity index (χ0v) is 14.4. The minimum Gasteiger partial charge on any atom is -0.481 e. The molecule has 8 nitrogen and oxygen atoms in total. The summed E-state index contributed by atoms with van der Waals surface area (Å²) < 4.78 is 0. The molecule has 8 heteroatoms. The highest BCUT2D eigenvalue weighted by atomic mass is 16.4. The van der Waals surface area contributed by atoms with Crippen molar-refractivity contribution in [1.82, 2.24) is 15.5 Å². The summed E-state index contributed by atoms with van der Waals surface area (Å²) in [5.74, 6) is -1.42. The summed E-state index contributed by atoms with van der Waals surface area (Å²) in [5.41, 5.74) is 1.02. The fourth-order valence-corrected chi connectivity index (χ4v) is 2.80. The quantitative estimate of drug-likeness (QED) is 0.536. The topological polar surface area (TPSA) is 116 Å². The van der Waals surface area contributed by atoms with Crippen LogP contribution in [0.1, 0.15) is 31.2 Å². The first-order chi connectivity index (χ1) is 12.5. The number of aliphatic carboxylic acids is 1. The number of carbonyl (C=O) groups is 4. The molecule has 140 valence electrons. The Hall–Kier alpha value is -2.90. The molecule has 1 aromatic rings. The SMILES string of the molecule is O=C(O)CCC(Cc1ccccc1)NC(=O)CCCN1C(=O)CNC1=O. The number of rotatable bonds is 10. The van der Waals surface area contributed by atoms with E-state index in [0.29, 0.717) is 19.3 Å². The van der Waals surface area contributed by atoms with Crippen LogP contribution in [0.4, 0.5) is 4.79 Å². The highest BCUT2D eigenvalue weighted by Crippen LogP contribution is 2.09. The van der Waals surface area contributed by atoms with E-state index in [1.54, 1.807) is 0 Å². The maximum Gasteiger partial charge on any atom is 0.324 e. The van der Waals surface area contributed by atoms with Gasteiger partial charge in [-0.2, -0.15) is 0 Å². The van der Waals surface area contributed by atoms with Crippen LogP contribution in [0, 0.1) is 0 Å². The number of hydrogen-bond donors (Lipinski definition) is 3. The monoisotopic (exact) mass is 361 g/mol. The lowest BCUT2D eigenvalue weighted by Crippen LogP contribution is -2.37. The van der Waals surface area contributed by atoms with Crippen LogP contribution in [0.15, 0.2) is 30.3 Å². The number of nitrogens with one attached hydrogen (secondary N) is 2. The molecular formula is C18H23N3O5. The number of benzene rings is 1. The lowest BCUT2D eigenvalue weighted by atomic mass is 10.0. The zero-order chi connectivity index (χ0) is 18.9. The fraction of sp³-hybridized carbons (Fsp3) is 0.444. The summed E-state index contributed by atoms with van der Waals surface area (Å²) >= 11 is 0. The van der Waals surface area contributed by atoms with Crippen molar-refractivity contribution in [3.8, 4) is 0 Å². The van der Waals surface area contributed by atoms with Crippen molar-refractivity contribution in [2.24, 2.45) is 0 Å². The molecule has 1 aliphatic heterocycles. The van der Waals surface area contributed by atoms with Gasteiger partial charge in [0.05, 0.1) is 6.54 Å². The maximum atomic E-state index is 12.2. The molecule has 1 saturated heterocycles. The van der Waals surface area contributed by atoms with Crippen molar-refractivity contribution in [3.05, 3.63) is 35.9 Å². The molecule has 2 rings (SSSR count). The molecule has 0 aliphatic carbocycles. The zero-order valence-electron chi connectivity index (χ0n) is 14.4. The number of carbonyl (C=O) groups excluding carboxylic acids is 3. The summed E-state index contributed by atoms with van der Waals surface area (Å²) in [4.78, 5) is 47.0. The smallest absolute Gasteiger partial charge is 0.324 e. The number of urea groups is 1. The van der Waals surface area contributed by atoms with Crippen LogP contribution in [0.25, 0.3) is 0 Å². The van der Waals surface area contributed by atoms with Crippen LogP contribution in [0.5, 0.6) is 0 Å². The Labute approximate surface area is 151 Å². The number of hydrogen-bond acceptors (Lipinski definition) is 4. The first kappa shape index (κ1) is 19.4. The van der Waals surface area contributed by atoms with Crippen LogP contribution >= 0.6 is 0 Å². The molecule has 0 bridgehead atoms. The standard InChI is InChI=1S/C18H23N3O5/c22-15(7-4-10-21-16(23)12-19-18(21)26)20-14(8-9-17(24)25)11-13-5-2-1-3-6-13/h1-3,5-6,14H,4,7-12H2,(H,19,26)(H,20,22)(H,24,25). The van der Waals surface area contributed by atoms with Crippen LogP contribution < -0.4 is 10.6 Å². The molecule has 0 radical (unpaired) electrons. The number of nitrogens with zero attached hydrogens (tertiary/aromatic N) is 1. The molecule has 1 heterocycles. The van der Waals surface area contributed by atoms with Crippen molar-refractivity contribution in [1.29, 1.82) is 0 Å². The lowest BCUT2D eigenvalue weighted by molar-refractivity contribution is -0.137. The average molecular weight is 361 g/mol. The summed E-state index contributed by atoms with van der Waals surface area (Å²) in [7, 11) is 0. The Bertz CT molecular complexity index is 646. The van der Waals surface area contributed by atoms with Crippen LogP contribution in [-0.2, 0) is 20.8 Å². The Balaban J connectivity index is 1.81. The minimum absolute atomic E-state index is 0.000627. The van der Waals surface area contributed by atoms with Crippen molar-refractivity contribution in [2.45, 2.75) is 38.1 Å². The molecule has 1 aliphatic rings. The predicted molar refractivity (Wildman–Crippen MR) is 93.3 cm³/mol. The highest BCUT2D eigenvalue weighted by Gasteiger charge is 2.27.